The first-order valence-corrected chi connectivity index (χ1v) is 11.6. The smallest absolute Gasteiger partial charge is 0.326 e. The average molecular weight is 479 g/mol. The first-order valence-electron chi connectivity index (χ1n) is 11.6. The van der Waals surface area contributed by atoms with Crippen molar-refractivity contribution < 1.29 is 29.4 Å². The SMILES string of the molecule is CCC(C)C(NC(=O)C(Cc1ccc(O)cc1)NC(=O)C(NC(=O)C(C)N)C(C)CC)C(=O)O. The Morgan fingerprint density at radius 2 is 1.32 bits per heavy atom. The molecular formula is C24H38N4O6. The summed E-state index contributed by atoms with van der Waals surface area (Å²) < 4.78 is 0. The molecule has 0 bridgehead atoms. The van der Waals surface area contributed by atoms with Crippen molar-refractivity contribution in [2.75, 3.05) is 0 Å². The van der Waals surface area contributed by atoms with Crippen LogP contribution < -0.4 is 21.7 Å². The summed E-state index contributed by atoms with van der Waals surface area (Å²) in [7, 11) is 0. The summed E-state index contributed by atoms with van der Waals surface area (Å²) in [4.78, 5) is 50.2. The molecule has 3 amide bonds. The molecular weight excluding hydrogens is 440 g/mol. The summed E-state index contributed by atoms with van der Waals surface area (Å²) in [5, 5.41) is 26.9. The van der Waals surface area contributed by atoms with Gasteiger partial charge in [0.1, 0.15) is 23.9 Å². The largest absolute Gasteiger partial charge is 0.508 e. The molecule has 1 aromatic carbocycles. The number of hydrogen-bond acceptors (Lipinski definition) is 6. The van der Waals surface area contributed by atoms with Crippen LogP contribution in [0.25, 0.3) is 0 Å². The highest BCUT2D eigenvalue weighted by atomic mass is 16.4. The van der Waals surface area contributed by atoms with Crippen LogP contribution in [-0.2, 0) is 25.6 Å². The van der Waals surface area contributed by atoms with Gasteiger partial charge < -0.3 is 31.9 Å². The highest BCUT2D eigenvalue weighted by molar-refractivity contribution is 5.94. The van der Waals surface area contributed by atoms with E-state index in [1.54, 1.807) is 26.0 Å². The number of phenols is 1. The number of hydrogen-bond donors (Lipinski definition) is 6. The molecule has 0 aliphatic heterocycles. The van der Waals surface area contributed by atoms with Gasteiger partial charge in [0.2, 0.25) is 17.7 Å². The summed E-state index contributed by atoms with van der Waals surface area (Å²) in [6, 6.07) is 2.14. The van der Waals surface area contributed by atoms with Gasteiger partial charge in [0.25, 0.3) is 0 Å². The number of benzene rings is 1. The number of carbonyl (C=O) groups excluding carboxylic acids is 3. The molecule has 0 heterocycles. The molecule has 190 valence electrons. The molecule has 0 aliphatic rings. The number of carboxylic acids is 1. The summed E-state index contributed by atoms with van der Waals surface area (Å²) in [6.07, 6.45) is 1.17. The van der Waals surface area contributed by atoms with Gasteiger partial charge in [0.15, 0.2) is 0 Å². The second-order valence-corrected chi connectivity index (χ2v) is 8.80. The monoisotopic (exact) mass is 478 g/mol. The summed E-state index contributed by atoms with van der Waals surface area (Å²) >= 11 is 0. The van der Waals surface area contributed by atoms with Gasteiger partial charge in [-0.3, -0.25) is 14.4 Å². The third-order valence-corrected chi connectivity index (χ3v) is 5.99. The second kappa shape index (κ2) is 13.5. The van der Waals surface area contributed by atoms with Crippen LogP contribution in [-0.4, -0.2) is 58.1 Å². The minimum atomic E-state index is -1.17. The molecule has 7 N–H and O–H groups in total. The highest BCUT2D eigenvalue weighted by Gasteiger charge is 2.33. The number of nitrogens with one attached hydrogen (secondary N) is 3. The lowest BCUT2D eigenvalue weighted by Crippen LogP contribution is -2.59. The van der Waals surface area contributed by atoms with Crippen LogP contribution in [0.2, 0.25) is 0 Å². The van der Waals surface area contributed by atoms with Gasteiger partial charge in [-0.15, -0.1) is 0 Å². The van der Waals surface area contributed by atoms with Crippen LogP contribution in [0.15, 0.2) is 24.3 Å². The van der Waals surface area contributed by atoms with Gasteiger partial charge in [-0.05, 0) is 36.5 Å². The maximum Gasteiger partial charge on any atom is 0.326 e. The minimum Gasteiger partial charge on any atom is -0.508 e. The number of aliphatic carboxylic acids is 1. The Labute approximate surface area is 200 Å². The van der Waals surface area contributed by atoms with Crippen molar-refractivity contribution in [3.8, 4) is 5.75 Å². The van der Waals surface area contributed by atoms with E-state index >= 15 is 0 Å². The molecule has 0 radical (unpaired) electrons. The Bertz CT molecular complexity index is 842. The number of carbonyl (C=O) groups is 4. The quantitative estimate of drug-likeness (QED) is 0.245. The lowest BCUT2D eigenvalue weighted by atomic mass is 9.96. The fourth-order valence-corrected chi connectivity index (χ4v) is 3.26. The Balaban J connectivity index is 3.20. The van der Waals surface area contributed by atoms with E-state index in [1.807, 2.05) is 13.8 Å². The Kier molecular flexibility index (Phi) is 11.5. The van der Waals surface area contributed by atoms with Crippen LogP contribution in [0.1, 0.15) is 53.0 Å². The van der Waals surface area contributed by atoms with Gasteiger partial charge in [-0.2, -0.15) is 0 Å². The Morgan fingerprint density at radius 1 is 0.824 bits per heavy atom. The first-order chi connectivity index (χ1) is 15.9. The number of phenolic OH excluding ortho intramolecular Hbond substituents is 1. The molecule has 34 heavy (non-hydrogen) atoms. The molecule has 6 atom stereocenters. The first kappa shape index (κ1) is 28.9. The molecule has 1 aromatic rings. The Hall–Kier alpha value is -3.14. The third kappa shape index (κ3) is 8.66. The lowest BCUT2D eigenvalue weighted by Gasteiger charge is -2.28. The van der Waals surface area contributed by atoms with Crippen LogP contribution in [0.3, 0.4) is 0 Å². The van der Waals surface area contributed by atoms with E-state index in [4.69, 9.17) is 5.73 Å². The maximum absolute atomic E-state index is 13.2. The van der Waals surface area contributed by atoms with Gasteiger partial charge in [0, 0.05) is 6.42 Å². The van der Waals surface area contributed by atoms with Crippen molar-refractivity contribution in [1.29, 1.82) is 0 Å². The van der Waals surface area contributed by atoms with Crippen LogP contribution in [0.5, 0.6) is 5.75 Å². The standard InChI is InChI=1S/C24H38N4O6/c1-6-13(3)19(27-21(30)15(5)25)23(32)26-18(12-16-8-10-17(29)11-9-16)22(31)28-20(24(33)34)14(4)7-2/h8-11,13-15,18-20,29H,6-7,12,25H2,1-5H3,(H,26,32)(H,27,30)(H,28,31)(H,33,34). The van der Waals surface area contributed by atoms with Crippen molar-refractivity contribution in [2.45, 2.75) is 78.0 Å². The maximum atomic E-state index is 13.2. The highest BCUT2D eigenvalue weighted by Crippen LogP contribution is 2.14. The zero-order chi connectivity index (χ0) is 26.0. The molecule has 0 saturated heterocycles. The Morgan fingerprint density at radius 3 is 1.79 bits per heavy atom. The third-order valence-electron chi connectivity index (χ3n) is 5.99. The number of amides is 3. The molecule has 0 spiro atoms. The van der Waals surface area contributed by atoms with Gasteiger partial charge in [-0.25, -0.2) is 4.79 Å². The van der Waals surface area contributed by atoms with Gasteiger partial charge >= 0.3 is 5.97 Å². The van der Waals surface area contributed by atoms with Crippen LogP contribution in [0, 0.1) is 11.8 Å². The molecule has 10 nitrogen and oxygen atoms in total. The van der Waals surface area contributed by atoms with E-state index in [0.717, 1.165) is 0 Å². The minimum absolute atomic E-state index is 0.0481. The van der Waals surface area contributed by atoms with E-state index in [1.165, 1.54) is 19.1 Å². The number of aromatic hydroxyl groups is 1. The number of rotatable bonds is 13. The molecule has 0 fully saturated rings. The van der Waals surface area contributed by atoms with Gasteiger partial charge in [0.05, 0.1) is 6.04 Å². The fraction of sp³-hybridized carbons (Fsp3) is 0.583. The molecule has 0 saturated carbocycles. The zero-order valence-electron chi connectivity index (χ0n) is 20.5. The van der Waals surface area contributed by atoms with Crippen LogP contribution >= 0.6 is 0 Å². The van der Waals surface area contributed by atoms with E-state index in [2.05, 4.69) is 16.0 Å². The average Bonchev–Trinajstić information content (AvgIpc) is 2.79. The molecule has 6 unspecified atom stereocenters. The second-order valence-electron chi connectivity index (χ2n) is 8.80. The van der Waals surface area contributed by atoms with Crippen LogP contribution in [0.4, 0.5) is 0 Å². The molecule has 0 aromatic heterocycles. The number of nitrogens with two attached hydrogens (primary N) is 1. The predicted molar refractivity (Wildman–Crippen MR) is 128 cm³/mol. The molecule has 1 rings (SSSR count). The normalized spacial score (nSPS) is 16.3. The van der Waals surface area contributed by atoms with Crippen molar-refractivity contribution in [3.63, 3.8) is 0 Å². The summed E-state index contributed by atoms with van der Waals surface area (Å²) in [5.41, 5.74) is 6.28. The lowest BCUT2D eigenvalue weighted by molar-refractivity contribution is -0.143. The van der Waals surface area contributed by atoms with E-state index < -0.39 is 47.9 Å². The summed E-state index contributed by atoms with van der Waals surface area (Å²) in [6.45, 7) is 8.70. The van der Waals surface area contributed by atoms with E-state index in [9.17, 15) is 29.4 Å². The molecule has 0 aliphatic carbocycles. The van der Waals surface area contributed by atoms with Gasteiger partial charge in [-0.1, -0.05) is 52.7 Å². The van der Waals surface area contributed by atoms with Crippen molar-refractivity contribution in [2.24, 2.45) is 17.6 Å². The van der Waals surface area contributed by atoms with E-state index in [0.29, 0.717) is 18.4 Å². The van der Waals surface area contributed by atoms with Crippen molar-refractivity contribution in [3.05, 3.63) is 29.8 Å². The fourth-order valence-electron chi connectivity index (χ4n) is 3.26. The zero-order valence-corrected chi connectivity index (χ0v) is 20.5. The van der Waals surface area contributed by atoms with Crippen molar-refractivity contribution in [1.82, 2.24) is 16.0 Å². The van der Waals surface area contributed by atoms with E-state index in [-0.39, 0.29) is 24.0 Å². The molecule has 10 heteroatoms. The van der Waals surface area contributed by atoms with Crippen molar-refractivity contribution >= 4 is 23.7 Å². The topological polar surface area (TPSA) is 171 Å². The predicted octanol–water partition coefficient (Wildman–Crippen LogP) is 0.913. The number of carboxylic acid groups (broad SMARTS) is 1. The summed E-state index contributed by atoms with van der Waals surface area (Å²) in [5.74, 6) is -3.42.